The standard InChI is InChI=1S/C21H23N3O4S/c1-16(2)21(25)23-17-8-10-20(11-9-17)29(26,27)24(15-19-7-5-13-28-19)14-18-6-3-4-12-22-18/h3-13,16H,14-15H2,1-2H3,(H,23,25). The molecule has 7 nitrogen and oxygen atoms in total. The fourth-order valence-corrected chi connectivity index (χ4v) is 4.00. The van der Waals surface area contributed by atoms with Crippen molar-refractivity contribution in [1.29, 1.82) is 0 Å². The van der Waals surface area contributed by atoms with Crippen LogP contribution in [0, 0.1) is 5.92 Å². The third kappa shape index (κ3) is 5.30. The van der Waals surface area contributed by atoms with Crippen LogP contribution in [0.4, 0.5) is 5.69 Å². The average molecular weight is 413 g/mol. The molecule has 2 aromatic heterocycles. The second kappa shape index (κ2) is 9.02. The monoisotopic (exact) mass is 413 g/mol. The molecule has 0 atom stereocenters. The molecule has 0 radical (unpaired) electrons. The molecule has 3 rings (SSSR count). The lowest BCUT2D eigenvalue weighted by atomic mass is 10.2. The summed E-state index contributed by atoms with van der Waals surface area (Å²) in [6.07, 6.45) is 3.13. The van der Waals surface area contributed by atoms with Gasteiger partial charge in [-0.1, -0.05) is 19.9 Å². The summed E-state index contributed by atoms with van der Waals surface area (Å²) in [5.74, 6) is 0.237. The normalized spacial score (nSPS) is 11.7. The van der Waals surface area contributed by atoms with Crippen molar-refractivity contribution in [2.24, 2.45) is 5.92 Å². The quantitative estimate of drug-likeness (QED) is 0.608. The zero-order valence-electron chi connectivity index (χ0n) is 16.3. The highest BCUT2D eigenvalue weighted by Crippen LogP contribution is 2.22. The fraction of sp³-hybridized carbons (Fsp3) is 0.238. The maximum absolute atomic E-state index is 13.3. The van der Waals surface area contributed by atoms with Crippen molar-refractivity contribution >= 4 is 21.6 Å². The lowest BCUT2D eigenvalue weighted by Crippen LogP contribution is -2.30. The van der Waals surface area contributed by atoms with Gasteiger partial charge in [0.05, 0.1) is 29.9 Å². The molecule has 1 aromatic carbocycles. The summed E-state index contributed by atoms with van der Waals surface area (Å²) in [5.41, 5.74) is 1.17. The van der Waals surface area contributed by atoms with E-state index in [1.54, 1.807) is 56.4 Å². The Balaban J connectivity index is 1.86. The molecule has 8 heteroatoms. The van der Waals surface area contributed by atoms with E-state index in [1.807, 2.05) is 6.07 Å². The maximum atomic E-state index is 13.3. The van der Waals surface area contributed by atoms with E-state index in [4.69, 9.17) is 4.42 Å². The highest BCUT2D eigenvalue weighted by Gasteiger charge is 2.26. The maximum Gasteiger partial charge on any atom is 0.243 e. The molecule has 3 aromatic rings. The summed E-state index contributed by atoms with van der Waals surface area (Å²) < 4.78 is 33.2. The average Bonchev–Trinajstić information content (AvgIpc) is 3.22. The minimum absolute atomic E-state index is 0.0811. The van der Waals surface area contributed by atoms with Crippen molar-refractivity contribution < 1.29 is 17.6 Å². The largest absolute Gasteiger partial charge is 0.468 e. The van der Waals surface area contributed by atoms with E-state index >= 15 is 0 Å². The minimum Gasteiger partial charge on any atom is -0.468 e. The molecule has 0 fully saturated rings. The number of benzene rings is 1. The van der Waals surface area contributed by atoms with Crippen LogP contribution in [-0.4, -0.2) is 23.6 Å². The van der Waals surface area contributed by atoms with Gasteiger partial charge in [0.1, 0.15) is 5.76 Å². The number of anilines is 1. The number of carbonyl (C=O) groups is 1. The smallest absolute Gasteiger partial charge is 0.243 e. The number of aromatic nitrogens is 1. The number of rotatable bonds is 8. The lowest BCUT2D eigenvalue weighted by molar-refractivity contribution is -0.118. The first-order chi connectivity index (χ1) is 13.9. The first-order valence-corrected chi connectivity index (χ1v) is 10.6. The van der Waals surface area contributed by atoms with Gasteiger partial charge in [-0.3, -0.25) is 9.78 Å². The molecule has 0 unspecified atom stereocenters. The van der Waals surface area contributed by atoms with E-state index < -0.39 is 10.0 Å². The van der Waals surface area contributed by atoms with Crippen LogP contribution in [-0.2, 0) is 27.9 Å². The van der Waals surface area contributed by atoms with Gasteiger partial charge in [-0.25, -0.2) is 8.42 Å². The van der Waals surface area contributed by atoms with E-state index in [1.165, 1.54) is 22.7 Å². The minimum atomic E-state index is -3.82. The van der Waals surface area contributed by atoms with Gasteiger partial charge in [0.15, 0.2) is 0 Å². The predicted molar refractivity (Wildman–Crippen MR) is 109 cm³/mol. The van der Waals surface area contributed by atoms with Crippen LogP contribution < -0.4 is 5.32 Å². The molecule has 0 aliphatic heterocycles. The summed E-state index contributed by atoms with van der Waals surface area (Å²) in [7, 11) is -3.82. The second-order valence-corrected chi connectivity index (χ2v) is 8.78. The summed E-state index contributed by atoms with van der Waals surface area (Å²) in [5, 5.41) is 2.75. The van der Waals surface area contributed by atoms with Gasteiger partial charge >= 0.3 is 0 Å². The molecule has 152 valence electrons. The Labute approximate surface area is 170 Å². The molecule has 1 amide bonds. The Morgan fingerprint density at radius 2 is 1.83 bits per heavy atom. The van der Waals surface area contributed by atoms with Crippen LogP contribution in [0.2, 0.25) is 0 Å². The third-order valence-corrected chi connectivity index (χ3v) is 6.07. The number of hydrogen-bond donors (Lipinski definition) is 1. The zero-order chi connectivity index (χ0) is 20.9. The molecular formula is C21H23N3O4S. The number of pyridine rings is 1. The highest BCUT2D eigenvalue weighted by atomic mass is 32.2. The van der Waals surface area contributed by atoms with Gasteiger partial charge in [0, 0.05) is 17.8 Å². The Morgan fingerprint density at radius 1 is 1.07 bits per heavy atom. The Bertz CT molecular complexity index is 1030. The SMILES string of the molecule is CC(C)C(=O)Nc1ccc(S(=O)(=O)N(Cc2ccccn2)Cc2ccco2)cc1. The number of nitrogens with zero attached hydrogens (tertiary/aromatic N) is 2. The van der Waals surface area contributed by atoms with Gasteiger partial charge in [-0.2, -0.15) is 4.31 Å². The predicted octanol–water partition coefficient (Wildman–Crippen LogP) is 3.66. The van der Waals surface area contributed by atoms with Gasteiger partial charge < -0.3 is 9.73 Å². The molecule has 2 heterocycles. The van der Waals surface area contributed by atoms with E-state index in [0.29, 0.717) is 17.1 Å². The van der Waals surface area contributed by atoms with Crippen molar-refractivity contribution in [2.75, 3.05) is 5.32 Å². The van der Waals surface area contributed by atoms with Crippen molar-refractivity contribution in [3.63, 3.8) is 0 Å². The molecule has 0 saturated carbocycles. The summed E-state index contributed by atoms with van der Waals surface area (Å²) in [6, 6.07) is 14.9. The van der Waals surface area contributed by atoms with Gasteiger partial charge in [-0.15, -0.1) is 0 Å². The Kier molecular flexibility index (Phi) is 6.46. The molecule has 0 saturated heterocycles. The van der Waals surface area contributed by atoms with E-state index in [2.05, 4.69) is 10.3 Å². The number of sulfonamides is 1. The molecule has 1 N–H and O–H groups in total. The molecule has 0 aliphatic rings. The van der Waals surface area contributed by atoms with E-state index in [9.17, 15) is 13.2 Å². The van der Waals surface area contributed by atoms with Crippen LogP contribution in [0.1, 0.15) is 25.3 Å². The van der Waals surface area contributed by atoms with Crippen molar-refractivity contribution in [2.45, 2.75) is 31.8 Å². The number of nitrogens with one attached hydrogen (secondary N) is 1. The molecule has 0 spiro atoms. The Morgan fingerprint density at radius 3 is 2.41 bits per heavy atom. The fourth-order valence-electron chi connectivity index (χ4n) is 2.62. The first kappa shape index (κ1) is 20.8. The Hall–Kier alpha value is -2.97. The second-order valence-electron chi connectivity index (χ2n) is 6.84. The number of carbonyl (C=O) groups excluding carboxylic acids is 1. The van der Waals surface area contributed by atoms with Crippen molar-refractivity contribution in [3.8, 4) is 0 Å². The van der Waals surface area contributed by atoms with Crippen molar-refractivity contribution in [1.82, 2.24) is 9.29 Å². The first-order valence-electron chi connectivity index (χ1n) is 9.19. The van der Waals surface area contributed by atoms with Crippen molar-refractivity contribution in [3.05, 3.63) is 78.5 Å². The number of furan rings is 1. The molecule has 29 heavy (non-hydrogen) atoms. The van der Waals surface area contributed by atoms with Gasteiger partial charge in [-0.05, 0) is 48.5 Å². The van der Waals surface area contributed by atoms with Gasteiger partial charge in [0.25, 0.3) is 0 Å². The molecule has 0 bridgehead atoms. The lowest BCUT2D eigenvalue weighted by Gasteiger charge is -2.21. The van der Waals surface area contributed by atoms with E-state index in [-0.39, 0.29) is 29.8 Å². The van der Waals surface area contributed by atoms with E-state index in [0.717, 1.165) is 0 Å². The molecule has 0 aliphatic carbocycles. The highest BCUT2D eigenvalue weighted by molar-refractivity contribution is 7.89. The topological polar surface area (TPSA) is 92.5 Å². The van der Waals surface area contributed by atoms with Crippen LogP contribution >= 0.6 is 0 Å². The van der Waals surface area contributed by atoms with Gasteiger partial charge in [0.2, 0.25) is 15.9 Å². The zero-order valence-corrected chi connectivity index (χ0v) is 17.1. The summed E-state index contributed by atoms with van der Waals surface area (Å²) in [4.78, 5) is 16.2. The summed E-state index contributed by atoms with van der Waals surface area (Å²) in [6.45, 7) is 3.77. The summed E-state index contributed by atoms with van der Waals surface area (Å²) >= 11 is 0. The van der Waals surface area contributed by atoms with Crippen LogP contribution in [0.5, 0.6) is 0 Å². The molecular weight excluding hydrogens is 390 g/mol. The number of amides is 1. The number of hydrogen-bond acceptors (Lipinski definition) is 5. The third-order valence-electron chi connectivity index (χ3n) is 4.26. The van der Waals surface area contributed by atoms with Crippen LogP contribution in [0.3, 0.4) is 0 Å². The van der Waals surface area contributed by atoms with Crippen LogP contribution in [0.15, 0.2) is 76.4 Å². The van der Waals surface area contributed by atoms with Crippen LogP contribution in [0.25, 0.3) is 0 Å².